The van der Waals surface area contributed by atoms with Gasteiger partial charge in [-0.25, -0.2) is 13.1 Å². The van der Waals surface area contributed by atoms with Gasteiger partial charge in [0.2, 0.25) is 10.0 Å². The average molecular weight is 472 g/mol. The molecule has 0 spiro atoms. The van der Waals surface area contributed by atoms with E-state index in [0.29, 0.717) is 18.7 Å². The summed E-state index contributed by atoms with van der Waals surface area (Å²) in [5, 5.41) is 0. The first kappa shape index (κ1) is 23.7. The lowest BCUT2D eigenvalue weighted by Gasteiger charge is -2.31. The van der Waals surface area contributed by atoms with Crippen LogP contribution in [0.1, 0.15) is 48.0 Å². The fourth-order valence-electron chi connectivity index (χ4n) is 4.50. The van der Waals surface area contributed by atoms with Crippen molar-refractivity contribution in [2.24, 2.45) is 0 Å². The van der Waals surface area contributed by atoms with Crippen LogP contribution in [0.5, 0.6) is 0 Å². The highest BCUT2D eigenvalue weighted by Gasteiger charge is 2.22. The van der Waals surface area contributed by atoms with Crippen LogP contribution in [0.2, 0.25) is 0 Å². The Morgan fingerprint density at radius 2 is 1.79 bits per heavy atom. The van der Waals surface area contributed by atoms with Gasteiger partial charge in [-0.1, -0.05) is 18.2 Å². The molecule has 178 valence electrons. The number of nitrogens with one attached hydrogen (secondary N) is 1. The van der Waals surface area contributed by atoms with Crippen LogP contribution in [0.3, 0.4) is 0 Å². The zero-order valence-electron chi connectivity index (χ0n) is 19.2. The SMILES string of the molecule is CN(Cc1ccccc1N1CCCCC1)C(=O)c1ccc(S(=O)(=O)NCC2CCCO2)cc1. The highest BCUT2D eigenvalue weighted by Crippen LogP contribution is 2.25. The third-order valence-corrected chi connectivity index (χ3v) is 7.82. The first-order valence-corrected chi connectivity index (χ1v) is 13.2. The van der Waals surface area contributed by atoms with Gasteiger partial charge in [-0.2, -0.15) is 0 Å². The molecule has 1 amide bonds. The Balaban J connectivity index is 1.40. The fourth-order valence-corrected chi connectivity index (χ4v) is 5.57. The van der Waals surface area contributed by atoms with Gasteiger partial charge in [0.25, 0.3) is 5.91 Å². The van der Waals surface area contributed by atoms with Crippen molar-refractivity contribution in [3.63, 3.8) is 0 Å². The molecule has 4 rings (SSSR count). The maximum Gasteiger partial charge on any atom is 0.253 e. The molecule has 8 heteroatoms. The lowest BCUT2D eigenvalue weighted by Crippen LogP contribution is -2.32. The van der Waals surface area contributed by atoms with Crippen LogP contribution in [0, 0.1) is 0 Å². The zero-order chi connectivity index (χ0) is 23.3. The first-order valence-electron chi connectivity index (χ1n) is 11.7. The number of hydrogen-bond donors (Lipinski definition) is 1. The third kappa shape index (κ3) is 5.93. The highest BCUT2D eigenvalue weighted by molar-refractivity contribution is 7.89. The number of hydrogen-bond acceptors (Lipinski definition) is 5. The van der Waals surface area contributed by atoms with Crippen LogP contribution in [-0.2, 0) is 21.3 Å². The van der Waals surface area contributed by atoms with Crippen molar-refractivity contribution in [1.29, 1.82) is 0 Å². The molecule has 1 unspecified atom stereocenters. The summed E-state index contributed by atoms with van der Waals surface area (Å²) in [6, 6.07) is 14.4. The molecule has 2 fully saturated rings. The number of rotatable bonds is 8. The van der Waals surface area contributed by atoms with Crippen LogP contribution in [0.25, 0.3) is 0 Å². The maximum atomic E-state index is 13.0. The van der Waals surface area contributed by atoms with E-state index in [0.717, 1.165) is 31.5 Å². The van der Waals surface area contributed by atoms with Crippen molar-refractivity contribution >= 4 is 21.6 Å². The molecule has 0 aliphatic carbocycles. The summed E-state index contributed by atoms with van der Waals surface area (Å²) in [5.41, 5.74) is 2.77. The summed E-state index contributed by atoms with van der Waals surface area (Å²) in [7, 11) is -1.86. The molecule has 1 N–H and O–H groups in total. The smallest absolute Gasteiger partial charge is 0.253 e. The van der Waals surface area contributed by atoms with E-state index >= 15 is 0 Å². The Morgan fingerprint density at radius 3 is 2.48 bits per heavy atom. The molecule has 2 aromatic carbocycles. The second kappa shape index (κ2) is 10.7. The number of benzene rings is 2. The minimum absolute atomic E-state index is 0.0675. The van der Waals surface area contributed by atoms with E-state index in [4.69, 9.17) is 4.74 Å². The van der Waals surface area contributed by atoms with E-state index < -0.39 is 10.0 Å². The van der Waals surface area contributed by atoms with Crippen molar-refractivity contribution in [2.45, 2.75) is 49.6 Å². The zero-order valence-corrected chi connectivity index (χ0v) is 20.0. The molecule has 0 aromatic heterocycles. The molecule has 33 heavy (non-hydrogen) atoms. The number of sulfonamides is 1. The third-order valence-electron chi connectivity index (χ3n) is 6.38. The fraction of sp³-hybridized carbons (Fsp3) is 0.480. The van der Waals surface area contributed by atoms with Crippen molar-refractivity contribution in [2.75, 3.05) is 38.2 Å². The largest absolute Gasteiger partial charge is 0.377 e. The molecular weight excluding hydrogens is 438 g/mol. The number of amides is 1. The average Bonchev–Trinajstić information content (AvgIpc) is 3.37. The van der Waals surface area contributed by atoms with Gasteiger partial charge in [0.15, 0.2) is 0 Å². The highest BCUT2D eigenvalue weighted by atomic mass is 32.2. The summed E-state index contributed by atoms with van der Waals surface area (Å²) in [6.45, 7) is 3.53. The van der Waals surface area contributed by atoms with Gasteiger partial charge in [0.1, 0.15) is 0 Å². The van der Waals surface area contributed by atoms with E-state index in [1.54, 1.807) is 24.1 Å². The van der Waals surface area contributed by atoms with Gasteiger partial charge >= 0.3 is 0 Å². The number of piperidine rings is 1. The molecule has 2 aromatic rings. The second-order valence-corrected chi connectivity index (χ2v) is 10.6. The normalized spacial score (nSPS) is 18.9. The molecule has 1 atom stereocenters. The number of nitrogens with zero attached hydrogens (tertiary/aromatic N) is 2. The summed E-state index contributed by atoms with van der Waals surface area (Å²) in [5.74, 6) is -0.139. The summed E-state index contributed by atoms with van der Waals surface area (Å²) < 4.78 is 33.2. The van der Waals surface area contributed by atoms with Crippen molar-refractivity contribution in [3.8, 4) is 0 Å². The van der Waals surface area contributed by atoms with Crippen molar-refractivity contribution < 1.29 is 17.9 Å². The quantitative estimate of drug-likeness (QED) is 0.638. The lowest BCUT2D eigenvalue weighted by atomic mass is 10.1. The lowest BCUT2D eigenvalue weighted by molar-refractivity contribution is 0.0785. The van der Waals surface area contributed by atoms with Gasteiger partial charge in [-0.3, -0.25) is 4.79 Å². The summed E-state index contributed by atoms with van der Waals surface area (Å²) in [4.78, 5) is 17.3. The van der Waals surface area contributed by atoms with Crippen LogP contribution < -0.4 is 9.62 Å². The van der Waals surface area contributed by atoms with Crippen LogP contribution in [0.4, 0.5) is 5.69 Å². The Morgan fingerprint density at radius 1 is 1.06 bits per heavy atom. The van der Waals surface area contributed by atoms with Crippen LogP contribution >= 0.6 is 0 Å². The standard InChI is InChI=1S/C25H33N3O4S/c1-27(19-21-8-3-4-10-24(21)28-15-5-2-6-16-28)25(29)20-11-13-23(14-12-20)33(30,31)26-18-22-9-7-17-32-22/h3-4,8,10-14,22,26H,2,5-7,9,15-19H2,1H3. The van der Waals surface area contributed by atoms with Gasteiger partial charge in [-0.05, 0) is 68.0 Å². The molecule has 0 bridgehead atoms. The second-order valence-electron chi connectivity index (χ2n) is 8.85. The Hall–Kier alpha value is -2.42. The van der Waals surface area contributed by atoms with Gasteiger partial charge in [-0.15, -0.1) is 0 Å². The van der Waals surface area contributed by atoms with E-state index in [2.05, 4.69) is 21.8 Å². The predicted molar refractivity (Wildman–Crippen MR) is 129 cm³/mol. The van der Waals surface area contributed by atoms with Crippen LogP contribution in [0.15, 0.2) is 53.4 Å². The van der Waals surface area contributed by atoms with Gasteiger partial charge in [0, 0.05) is 51.1 Å². The molecule has 7 nitrogen and oxygen atoms in total. The van der Waals surface area contributed by atoms with Gasteiger partial charge < -0.3 is 14.5 Å². The molecule has 2 saturated heterocycles. The van der Waals surface area contributed by atoms with Gasteiger partial charge in [0.05, 0.1) is 11.0 Å². The van der Waals surface area contributed by atoms with E-state index in [1.165, 1.54) is 37.1 Å². The molecule has 2 aliphatic heterocycles. The summed E-state index contributed by atoms with van der Waals surface area (Å²) >= 11 is 0. The number of ether oxygens (including phenoxy) is 1. The summed E-state index contributed by atoms with van der Waals surface area (Å²) in [6.07, 6.45) is 5.42. The molecule has 0 radical (unpaired) electrons. The minimum atomic E-state index is -3.64. The molecule has 2 heterocycles. The van der Waals surface area contributed by atoms with Crippen molar-refractivity contribution in [1.82, 2.24) is 9.62 Å². The number of carbonyl (C=O) groups is 1. The molecular formula is C25H33N3O4S. The predicted octanol–water partition coefficient (Wildman–Crippen LogP) is 3.41. The first-order chi connectivity index (χ1) is 15.9. The van der Waals surface area contributed by atoms with Crippen LogP contribution in [-0.4, -0.2) is 58.6 Å². The molecule has 0 saturated carbocycles. The number of para-hydroxylation sites is 1. The van der Waals surface area contributed by atoms with E-state index in [-0.39, 0.29) is 23.5 Å². The van der Waals surface area contributed by atoms with Crippen molar-refractivity contribution in [3.05, 3.63) is 59.7 Å². The topological polar surface area (TPSA) is 79.0 Å². The maximum absolute atomic E-state index is 13.0. The minimum Gasteiger partial charge on any atom is -0.377 e. The van der Waals surface area contributed by atoms with E-state index in [9.17, 15) is 13.2 Å². The number of anilines is 1. The molecule has 2 aliphatic rings. The number of carbonyl (C=O) groups excluding carboxylic acids is 1. The van der Waals surface area contributed by atoms with E-state index in [1.807, 2.05) is 12.1 Å². The Kier molecular flexibility index (Phi) is 7.67. The monoisotopic (exact) mass is 471 g/mol. The Labute approximate surface area is 196 Å². The Bertz CT molecular complexity index is 1040.